The van der Waals surface area contributed by atoms with Gasteiger partial charge in [-0.25, -0.2) is 0 Å². The van der Waals surface area contributed by atoms with Gasteiger partial charge in [0.05, 0.1) is 0 Å². The van der Waals surface area contributed by atoms with Crippen LogP contribution in [0.2, 0.25) is 0 Å². The van der Waals surface area contributed by atoms with Crippen molar-refractivity contribution < 1.29 is 9.90 Å². The Hall–Kier alpha value is -1.35. The van der Waals surface area contributed by atoms with Gasteiger partial charge in [-0.1, -0.05) is 31.2 Å². The van der Waals surface area contributed by atoms with Crippen LogP contribution in [0.15, 0.2) is 24.3 Å². The third-order valence-electron chi connectivity index (χ3n) is 5.11. The molecule has 0 amide bonds. The van der Waals surface area contributed by atoms with E-state index in [-0.39, 0.29) is 6.04 Å². The first-order valence-corrected chi connectivity index (χ1v) is 7.06. The Balaban J connectivity index is 1.91. The highest BCUT2D eigenvalue weighted by Crippen LogP contribution is 2.51. The Kier molecular flexibility index (Phi) is 2.90. The normalized spacial score (nSPS) is 26.5. The summed E-state index contributed by atoms with van der Waals surface area (Å²) in [4.78, 5) is 13.8. The average Bonchev–Trinajstić information content (AvgIpc) is 3.15. The van der Waals surface area contributed by atoms with Gasteiger partial charge in [0, 0.05) is 12.6 Å². The van der Waals surface area contributed by atoms with Gasteiger partial charge in [0.25, 0.3) is 0 Å². The lowest BCUT2D eigenvalue weighted by Gasteiger charge is -2.41. The van der Waals surface area contributed by atoms with Crippen LogP contribution in [0.3, 0.4) is 0 Å². The molecule has 3 rings (SSSR count). The van der Waals surface area contributed by atoms with E-state index in [4.69, 9.17) is 0 Å². The van der Waals surface area contributed by atoms with E-state index < -0.39 is 5.97 Å². The first kappa shape index (κ1) is 12.7. The molecule has 3 nitrogen and oxygen atoms in total. The summed E-state index contributed by atoms with van der Waals surface area (Å²) in [6.07, 6.45) is 3.07. The summed E-state index contributed by atoms with van der Waals surface area (Å²) in [7, 11) is 0. The van der Waals surface area contributed by atoms with Crippen LogP contribution in [0.5, 0.6) is 0 Å². The van der Waals surface area contributed by atoms with Gasteiger partial charge in [0.1, 0.15) is 6.04 Å². The van der Waals surface area contributed by atoms with Crippen LogP contribution in [0, 0.1) is 5.41 Å². The van der Waals surface area contributed by atoms with E-state index in [1.54, 1.807) is 0 Å². The molecule has 1 fully saturated rings. The van der Waals surface area contributed by atoms with Crippen molar-refractivity contribution in [1.82, 2.24) is 4.90 Å². The molecule has 3 heteroatoms. The Bertz CT molecular complexity index is 507. The smallest absolute Gasteiger partial charge is 0.321 e. The Morgan fingerprint density at radius 2 is 2.00 bits per heavy atom. The molecule has 1 N–H and O–H groups in total. The average molecular weight is 259 g/mol. The van der Waals surface area contributed by atoms with E-state index in [1.165, 1.54) is 24.0 Å². The van der Waals surface area contributed by atoms with Crippen LogP contribution >= 0.6 is 0 Å². The summed E-state index contributed by atoms with van der Waals surface area (Å²) in [6, 6.07) is 8.19. The molecule has 1 aliphatic carbocycles. The van der Waals surface area contributed by atoms with Crippen molar-refractivity contribution in [3.8, 4) is 0 Å². The predicted molar refractivity (Wildman–Crippen MR) is 73.9 cm³/mol. The number of nitrogens with zero attached hydrogens (tertiary/aromatic N) is 1. The van der Waals surface area contributed by atoms with E-state index in [9.17, 15) is 9.90 Å². The van der Waals surface area contributed by atoms with Gasteiger partial charge >= 0.3 is 5.97 Å². The molecule has 1 heterocycles. The molecule has 1 saturated carbocycles. The zero-order chi connectivity index (χ0) is 13.6. The zero-order valence-electron chi connectivity index (χ0n) is 11.6. The van der Waals surface area contributed by atoms with Crippen LogP contribution in [0.4, 0.5) is 0 Å². The molecule has 0 aromatic heterocycles. The molecule has 1 aromatic carbocycles. The second-order valence-electron chi connectivity index (χ2n) is 6.33. The number of aliphatic carboxylic acids is 1. The van der Waals surface area contributed by atoms with Gasteiger partial charge < -0.3 is 5.11 Å². The third-order valence-corrected chi connectivity index (χ3v) is 5.11. The molecule has 19 heavy (non-hydrogen) atoms. The fraction of sp³-hybridized carbons (Fsp3) is 0.562. The second-order valence-corrected chi connectivity index (χ2v) is 6.33. The Labute approximate surface area is 114 Å². The summed E-state index contributed by atoms with van der Waals surface area (Å²) in [6.45, 7) is 5.23. The van der Waals surface area contributed by atoms with Crippen LogP contribution in [-0.2, 0) is 17.8 Å². The monoisotopic (exact) mass is 259 g/mol. The van der Waals surface area contributed by atoms with Crippen molar-refractivity contribution in [2.75, 3.05) is 0 Å². The fourth-order valence-electron chi connectivity index (χ4n) is 3.19. The number of carboxylic acids is 1. The maximum atomic E-state index is 11.6. The summed E-state index contributed by atoms with van der Waals surface area (Å²) in [5.74, 6) is -0.689. The Morgan fingerprint density at radius 3 is 2.58 bits per heavy atom. The lowest BCUT2D eigenvalue weighted by molar-refractivity contribution is -0.145. The summed E-state index contributed by atoms with van der Waals surface area (Å²) in [5.41, 5.74) is 2.80. The number of rotatable bonds is 3. The molecular weight excluding hydrogens is 238 g/mol. The number of benzene rings is 1. The largest absolute Gasteiger partial charge is 0.480 e. The molecular formula is C16H21NO2. The highest BCUT2D eigenvalue weighted by molar-refractivity contribution is 5.74. The van der Waals surface area contributed by atoms with E-state index in [0.29, 0.717) is 17.9 Å². The minimum atomic E-state index is -0.689. The van der Waals surface area contributed by atoms with Crippen molar-refractivity contribution in [3.05, 3.63) is 35.4 Å². The highest BCUT2D eigenvalue weighted by Gasteiger charge is 2.48. The topological polar surface area (TPSA) is 40.5 Å². The van der Waals surface area contributed by atoms with Gasteiger partial charge in [-0.05, 0) is 42.7 Å². The summed E-state index contributed by atoms with van der Waals surface area (Å²) < 4.78 is 0. The predicted octanol–water partition coefficient (Wildman–Crippen LogP) is 2.69. The van der Waals surface area contributed by atoms with Crippen molar-refractivity contribution in [2.45, 2.75) is 51.7 Å². The van der Waals surface area contributed by atoms with Crippen LogP contribution in [0.25, 0.3) is 0 Å². The highest BCUT2D eigenvalue weighted by atomic mass is 16.4. The molecule has 0 radical (unpaired) electrons. The summed E-state index contributed by atoms with van der Waals surface area (Å²) in [5, 5.41) is 9.53. The van der Waals surface area contributed by atoms with E-state index >= 15 is 0 Å². The molecule has 2 aliphatic rings. The Morgan fingerprint density at radius 1 is 1.37 bits per heavy atom. The molecule has 0 spiro atoms. The maximum absolute atomic E-state index is 11.6. The van der Waals surface area contributed by atoms with Crippen LogP contribution in [-0.4, -0.2) is 28.1 Å². The molecule has 1 aliphatic heterocycles. The first-order valence-electron chi connectivity index (χ1n) is 7.06. The lowest BCUT2D eigenvalue weighted by Crippen LogP contribution is -2.52. The standard InChI is InChI=1S/C16H21NO2/c1-11(16(2)7-8-16)17-10-13-6-4-3-5-12(13)9-14(17)15(18)19/h3-6,11,14H,7-10H2,1-2H3,(H,18,19). The summed E-state index contributed by atoms with van der Waals surface area (Å²) >= 11 is 0. The molecule has 102 valence electrons. The first-order chi connectivity index (χ1) is 9.01. The number of hydrogen-bond donors (Lipinski definition) is 1. The van der Waals surface area contributed by atoms with Gasteiger partial charge in [-0.2, -0.15) is 0 Å². The molecule has 2 unspecified atom stereocenters. The molecule has 0 bridgehead atoms. The SMILES string of the molecule is CC(N1Cc2ccccc2CC1C(=O)O)C1(C)CC1. The quantitative estimate of drug-likeness (QED) is 0.907. The van der Waals surface area contributed by atoms with Crippen LogP contribution < -0.4 is 0 Å². The number of carboxylic acid groups (broad SMARTS) is 1. The number of hydrogen-bond acceptors (Lipinski definition) is 2. The van der Waals surface area contributed by atoms with Gasteiger partial charge in [0.2, 0.25) is 0 Å². The van der Waals surface area contributed by atoms with Crippen LogP contribution in [0.1, 0.15) is 37.8 Å². The maximum Gasteiger partial charge on any atom is 0.321 e. The molecule has 0 saturated heterocycles. The van der Waals surface area contributed by atoms with Crippen molar-refractivity contribution in [1.29, 1.82) is 0 Å². The molecule has 2 atom stereocenters. The third kappa shape index (κ3) is 2.16. The zero-order valence-corrected chi connectivity index (χ0v) is 11.6. The minimum absolute atomic E-state index is 0.319. The van der Waals surface area contributed by atoms with Gasteiger partial charge in [-0.3, -0.25) is 9.69 Å². The van der Waals surface area contributed by atoms with E-state index in [2.05, 4.69) is 30.9 Å². The second kappa shape index (κ2) is 4.34. The van der Waals surface area contributed by atoms with Crippen molar-refractivity contribution >= 4 is 5.97 Å². The van der Waals surface area contributed by atoms with Gasteiger partial charge in [0.15, 0.2) is 0 Å². The van der Waals surface area contributed by atoms with Gasteiger partial charge in [-0.15, -0.1) is 0 Å². The molecule has 1 aromatic rings. The van der Waals surface area contributed by atoms with E-state index in [0.717, 1.165) is 6.54 Å². The number of fused-ring (bicyclic) bond motifs is 1. The van der Waals surface area contributed by atoms with Crippen molar-refractivity contribution in [3.63, 3.8) is 0 Å². The lowest BCUT2D eigenvalue weighted by atomic mass is 9.89. The minimum Gasteiger partial charge on any atom is -0.480 e. The number of carbonyl (C=O) groups is 1. The fourth-order valence-corrected chi connectivity index (χ4v) is 3.19. The van der Waals surface area contributed by atoms with E-state index in [1.807, 2.05) is 12.1 Å². The van der Waals surface area contributed by atoms with Crippen molar-refractivity contribution in [2.24, 2.45) is 5.41 Å².